The first-order valence-corrected chi connectivity index (χ1v) is 8.97. The van der Waals surface area contributed by atoms with E-state index in [1.807, 2.05) is 19.2 Å². The lowest BCUT2D eigenvalue weighted by molar-refractivity contribution is -0.0748. The number of nitrogens with zero attached hydrogens (tertiary/aromatic N) is 1. The van der Waals surface area contributed by atoms with Gasteiger partial charge in [0.15, 0.2) is 0 Å². The number of ether oxygens (including phenoxy) is 1. The SMILES string of the molecule is C#C[C@H]1CN([C@@H](NNC)C(C)CC)[C@@H](Cc2ccc(Cl)cc2)CO1. The Labute approximate surface area is 150 Å². The summed E-state index contributed by atoms with van der Waals surface area (Å²) < 4.78 is 5.86. The van der Waals surface area contributed by atoms with Gasteiger partial charge in [-0.2, -0.15) is 0 Å². The van der Waals surface area contributed by atoms with Gasteiger partial charge in [0.1, 0.15) is 6.10 Å². The summed E-state index contributed by atoms with van der Waals surface area (Å²) in [5, 5.41) is 0.761. The van der Waals surface area contributed by atoms with Crippen LogP contribution in [0.25, 0.3) is 0 Å². The Kier molecular flexibility index (Phi) is 7.54. The van der Waals surface area contributed by atoms with Crippen molar-refractivity contribution < 1.29 is 4.74 Å². The maximum Gasteiger partial charge on any atom is 0.130 e. The third-order valence-corrected chi connectivity index (χ3v) is 4.99. The molecule has 0 radical (unpaired) electrons. The van der Waals surface area contributed by atoms with Crippen LogP contribution in [0.1, 0.15) is 25.8 Å². The normalized spacial score (nSPS) is 24.3. The van der Waals surface area contributed by atoms with Crippen LogP contribution in [0.3, 0.4) is 0 Å². The Bertz CT molecular complexity index is 543. The summed E-state index contributed by atoms with van der Waals surface area (Å²) in [7, 11) is 1.91. The highest BCUT2D eigenvalue weighted by Gasteiger charge is 2.35. The van der Waals surface area contributed by atoms with Crippen molar-refractivity contribution in [3.63, 3.8) is 0 Å². The van der Waals surface area contributed by atoms with Crippen molar-refractivity contribution in [3.8, 4) is 12.3 Å². The monoisotopic (exact) mass is 349 g/mol. The highest BCUT2D eigenvalue weighted by molar-refractivity contribution is 6.30. The zero-order valence-electron chi connectivity index (χ0n) is 14.8. The van der Waals surface area contributed by atoms with Crippen LogP contribution in [0.5, 0.6) is 0 Å². The van der Waals surface area contributed by atoms with Crippen LogP contribution in [0, 0.1) is 18.3 Å². The molecule has 2 N–H and O–H groups in total. The minimum absolute atomic E-state index is 0.156. The molecule has 132 valence electrons. The third-order valence-electron chi connectivity index (χ3n) is 4.74. The molecule has 1 fully saturated rings. The zero-order valence-corrected chi connectivity index (χ0v) is 15.5. The van der Waals surface area contributed by atoms with E-state index in [0.29, 0.717) is 12.5 Å². The second-order valence-electron chi connectivity index (χ2n) is 6.39. The van der Waals surface area contributed by atoms with Crippen molar-refractivity contribution in [3.05, 3.63) is 34.9 Å². The zero-order chi connectivity index (χ0) is 17.5. The van der Waals surface area contributed by atoms with E-state index in [2.05, 4.69) is 47.7 Å². The van der Waals surface area contributed by atoms with Gasteiger partial charge in [-0.25, -0.2) is 5.43 Å². The van der Waals surface area contributed by atoms with Crippen LogP contribution in [0.2, 0.25) is 5.02 Å². The second kappa shape index (κ2) is 9.41. The van der Waals surface area contributed by atoms with Crippen molar-refractivity contribution in [1.82, 2.24) is 15.8 Å². The molecule has 1 aromatic rings. The Morgan fingerprint density at radius 3 is 2.71 bits per heavy atom. The molecular weight excluding hydrogens is 322 g/mol. The average molecular weight is 350 g/mol. The highest BCUT2D eigenvalue weighted by atomic mass is 35.5. The molecule has 2 rings (SSSR count). The van der Waals surface area contributed by atoms with Gasteiger partial charge in [0.05, 0.1) is 12.8 Å². The lowest BCUT2D eigenvalue weighted by Crippen LogP contribution is -2.62. The summed E-state index contributed by atoms with van der Waals surface area (Å²) in [6, 6.07) is 8.31. The molecule has 0 bridgehead atoms. The van der Waals surface area contributed by atoms with Crippen LogP contribution >= 0.6 is 11.6 Å². The minimum Gasteiger partial charge on any atom is -0.363 e. The quantitative estimate of drug-likeness (QED) is 0.586. The molecule has 0 amide bonds. The van der Waals surface area contributed by atoms with Crippen molar-refractivity contribution in [2.45, 2.75) is 45.0 Å². The topological polar surface area (TPSA) is 36.5 Å². The van der Waals surface area contributed by atoms with Crippen LogP contribution in [0.15, 0.2) is 24.3 Å². The van der Waals surface area contributed by atoms with Crippen molar-refractivity contribution in [2.24, 2.45) is 5.92 Å². The summed E-state index contributed by atoms with van der Waals surface area (Å²) >= 11 is 6.00. The molecule has 0 aromatic heterocycles. The smallest absolute Gasteiger partial charge is 0.130 e. The van der Waals surface area contributed by atoms with Gasteiger partial charge in [0.2, 0.25) is 0 Å². The highest BCUT2D eigenvalue weighted by Crippen LogP contribution is 2.23. The molecule has 24 heavy (non-hydrogen) atoms. The van der Waals surface area contributed by atoms with Crippen molar-refractivity contribution >= 4 is 11.6 Å². The van der Waals surface area contributed by atoms with E-state index < -0.39 is 0 Å². The third kappa shape index (κ3) is 4.95. The molecule has 0 aliphatic carbocycles. The molecule has 5 heteroatoms. The van der Waals surface area contributed by atoms with E-state index in [0.717, 1.165) is 24.4 Å². The lowest BCUT2D eigenvalue weighted by Gasteiger charge is -2.45. The van der Waals surface area contributed by atoms with E-state index in [9.17, 15) is 0 Å². The van der Waals surface area contributed by atoms with E-state index >= 15 is 0 Å². The Balaban J connectivity index is 2.18. The standard InChI is InChI=1S/C19H28ClN3O/c1-5-14(3)19(22-21-4)23-12-18(6-2)24-13-17(23)11-15-7-9-16(20)10-8-15/h2,7-10,14,17-19,21-22H,5,11-13H2,1,3-4H3/t14?,17-,18-,19+/m0/s1. The molecule has 1 saturated heterocycles. The fraction of sp³-hybridized carbons (Fsp3) is 0.579. The minimum atomic E-state index is -0.156. The predicted molar refractivity (Wildman–Crippen MR) is 99.7 cm³/mol. The van der Waals surface area contributed by atoms with E-state index in [-0.39, 0.29) is 18.3 Å². The first-order chi connectivity index (χ1) is 11.6. The molecule has 4 atom stereocenters. The van der Waals surface area contributed by atoms with E-state index in [4.69, 9.17) is 22.8 Å². The van der Waals surface area contributed by atoms with Gasteiger partial charge < -0.3 is 4.74 Å². The van der Waals surface area contributed by atoms with Gasteiger partial charge in [-0.1, -0.05) is 49.9 Å². The maximum absolute atomic E-state index is 6.00. The van der Waals surface area contributed by atoms with E-state index in [1.165, 1.54) is 5.56 Å². The number of nitrogens with one attached hydrogen (secondary N) is 2. The van der Waals surface area contributed by atoms with Crippen LogP contribution in [0.4, 0.5) is 0 Å². The summed E-state index contributed by atoms with van der Waals surface area (Å²) in [5.74, 6) is 3.24. The van der Waals surface area contributed by atoms with Gasteiger partial charge in [-0.3, -0.25) is 10.3 Å². The number of morpholine rings is 1. The molecule has 1 unspecified atom stereocenters. The van der Waals surface area contributed by atoms with Crippen LogP contribution < -0.4 is 10.9 Å². The Morgan fingerprint density at radius 2 is 2.12 bits per heavy atom. The molecular formula is C19H28ClN3O. The predicted octanol–water partition coefficient (Wildman–Crippen LogP) is 2.68. The number of hydrazine groups is 1. The number of terminal acetylenes is 1. The van der Waals surface area contributed by atoms with Crippen LogP contribution in [-0.2, 0) is 11.2 Å². The molecule has 1 aliphatic heterocycles. The average Bonchev–Trinajstić information content (AvgIpc) is 2.61. The second-order valence-corrected chi connectivity index (χ2v) is 6.83. The summed E-state index contributed by atoms with van der Waals surface area (Å²) in [6.07, 6.45) is 7.66. The van der Waals surface area contributed by atoms with Gasteiger partial charge >= 0.3 is 0 Å². The fourth-order valence-electron chi connectivity index (χ4n) is 3.15. The summed E-state index contributed by atoms with van der Waals surface area (Å²) in [6.45, 7) is 5.84. The maximum atomic E-state index is 6.00. The van der Waals surface area contributed by atoms with Gasteiger partial charge in [0.25, 0.3) is 0 Å². The molecule has 1 aromatic carbocycles. The van der Waals surface area contributed by atoms with Gasteiger partial charge in [-0.05, 0) is 37.1 Å². The van der Waals surface area contributed by atoms with Gasteiger partial charge in [-0.15, -0.1) is 6.42 Å². The first kappa shape index (κ1) is 19.2. The van der Waals surface area contributed by atoms with E-state index in [1.54, 1.807) is 0 Å². The number of rotatable bonds is 7. The molecule has 1 aliphatic rings. The van der Waals surface area contributed by atoms with Crippen LogP contribution in [-0.4, -0.2) is 43.4 Å². The molecule has 0 spiro atoms. The number of halogens is 1. The Hall–Kier alpha value is -1.09. The summed E-state index contributed by atoms with van der Waals surface area (Å²) in [5.41, 5.74) is 7.76. The Morgan fingerprint density at radius 1 is 1.42 bits per heavy atom. The molecule has 1 heterocycles. The first-order valence-electron chi connectivity index (χ1n) is 8.59. The molecule has 4 nitrogen and oxygen atoms in total. The number of hydrogen-bond donors (Lipinski definition) is 2. The number of benzene rings is 1. The molecule has 0 saturated carbocycles. The summed E-state index contributed by atoms with van der Waals surface area (Å²) in [4.78, 5) is 2.45. The van der Waals surface area contributed by atoms with Crippen molar-refractivity contribution in [2.75, 3.05) is 20.2 Å². The van der Waals surface area contributed by atoms with Crippen molar-refractivity contribution in [1.29, 1.82) is 0 Å². The largest absolute Gasteiger partial charge is 0.363 e. The number of hydrogen-bond acceptors (Lipinski definition) is 4. The lowest BCUT2D eigenvalue weighted by atomic mass is 9.98. The fourth-order valence-corrected chi connectivity index (χ4v) is 3.28. The van der Waals surface area contributed by atoms with Gasteiger partial charge in [0, 0.05) is 17.6 Å².